The molecule has 8 nitrogen and oxygen atoms in total. The number of rotatable bonds is 4. The minimum atomic E-state index is -0.799. The van der Waals surface area contributed by atoms with Crippen LogP contribution in [0.15, 0.2) is 22.8 Å². The molecule has 1 aliphatic heterocycles. The Bertz CT molecular complexity index is 816. The van der Waals surface area contributed by atoms with Crippen LogP contribution in [0.3, 0.4) is 0 Å². The molecule has 0 aromatic carbocycles. The fourth-order valence-electron chi connectivity index (χ4n) is 4.72. The summed E-state index contributed by atoms with van der Waals surface area (Å²) in [7, 11) is 1.30. The second-order valence-corrected chi connectivity index (χ2v) is 10.6. The molecule has 0 bridgehead atoms. The van der Waals surface area contributed by atoms with Gasteiger partial charge < -0.3 is 18.8 Å². The van der Waals surface area contributed by atoms with Crippen LogP contribution in [0.1, 0.15) is 77.3 Å². The fraction of sp³-hybridized carbons (Fsp3) is 0.708. The molecule has 0 spiro atoms. The van der Waals surface area contributed by atoms with Gasteiger partial charge in [0, 0.05) is 19.0 Å². The molecule has 1 aromatic rings. The van der Waals surface area contributed by atoms with Crippen LogP contribution >= 0.6 is 0 Å². The van der Waals surface area contributed by atoms with Crippen LogP contribution in [-0.4, -0.2) is 65.2 Å². The number of methoxy groups -OCH3 is 1. The molecule has 178 valence electrons. The van der Waals surface area contributed by atoms with Gasteiger partial charge in [-0.2, -0.15) is 0 Å². The van der Waals surface area contributed by atoms with E-state index in [2.05, 4.69) is 13.8 Å². The number of carbonyl (C=O) groups is 3. The Hall–Kier alpha value is -2.51. The van der Waals surface area contributed by atoms with Gasteiger partial charge in [0.1, 0.15) is 11.6 Å². The average molecular weight is 449 g/mol. The first-order valence-corrected chi connectivity index (χ1v) is 11.4. The summed E-state index contributed by atoms with van der Waals surface area (Å²) in [6, 6.07) is 2.22. The predicted octanol–water partition coefficient (Wildman–Crippen LogP) is 4.24. The van der Waals surface area contributed by atoms with E-state index in [4.69, 9.17) is 13.9 Å². The number of ether oxygens (including phenoxy) is 2. The zero-order valence-electron chi connectivity index (χ0n) is 20.1. The maximum atomic E-state index is 13.5. The van der Waals surface area contributed by atoms with Gasteiger partial charge in [-0.1, -0.05) is 13.8 Å². The highest BCUT2D eigenvalue weighted by molar-refractivity contribution is 5.92. The molecular weight excluding hydrogens is 412 g/mol. The van der Waals surface area contributed by atoms with E-state index in [1.54, 1.807) is 32.9 Å². The van der Waals surface area contributed by atoms with Gasteiger partial charge in [-0.15, -0.1) is 0 Å². The number of esters is 1. The predicted molar refractivity (Wildman–Crippen MR) is 118 cm³/mol. The normalized spacial score (nSPS) is 23.6. The summed E-state index contributed by atoms with van der Waals surface area (Å²) < 4.78 is 15.9. The van der Waals surface area contributed by atoms with Crippen LogP contribution in [-0.2, 0) is 14.3 Å². The van der Waals surface area contributed by atoms with E-state index in [1.165, 1.54) is 18.3 Å². The van der Waals surface area contributed by atoms with Crippen molar-refractivity contribution in [1.29, 1.82) is 0 Å². The molecule has 2 aliphatic rings. The summed E-state index contributed by atoms with van der Waals surface area (Å²) in [5, 5.41) is 0. The van der Waals surface area contributed by atoms with Crippen molar-refractivity contribution < 1.29 is 28.3 Å². The first-order chi connectivity index (χ1) is 14.9. The van der Waals surface area contributed by atoms with E-state index >= 15 is 0 Å². The minimum Gasteiger partial charge on any atom is -0.467 e. The third-order valence-electron chi connectivity index (χ3n) is 6.44. The number of hydrogen-bond acceptors (Lipinski definition) is 6. The third-order valence-corrected chi connectivity index (χ3v) is 6.44. The van der Waals surface area contributed by atoms with Crippen LogP contribution in [0, 0.1) is 5.41 Å². The van der Waals surface area contributed by atoms with E-state index in [-0.39, 0.29) is 35.7 Å². The second-order valence-electron chi connectivity index (χ2n) is 10.6. The maximum absolute atomic E-state index is 13.5. The summed E-state index contributed by atoms with van der Waals surface area (Å²) in [4.78, 5) is 42.2. The first kappa shape index (κ1) is 24.1. The third kappa shape index (κ3) is 5.45. The Morgan fingerprint density at radius 1 is 1.16 bits per heavy atom. The number of hydrogen-bond donors (Lipinski definition) is 0. The van der Waals surface area contributed by atoms with E-state index in [0.29, 0.717) is 6.42 Å². The van der Waals surface area contributed by atoms with Crippen LogP contribution in [0.25, 0.3) is 0 Å². The van der Waals surface area contributed by atoms with Gasteiger partial charge in [-0.3, -0.25) is 9.69 Å². The molecule has 2 atom stereocenters. The molecule has 0 radical (unpaired) electrons. The molecule has 8 heteroatoms. The summed E-state index contributed by atoms with van der Waals surface area (Å²) in [5.74, 6) is -0.451. The van der Waals surface area contributed by atoms with E-state index in [9.17, 15) is 14.4 Å². The maximum Gasteiger partial charge on any atom is 0.411 e. The zero-order chi connectivity index (χ0) is 23.7. The summed E-state index contributed by atoms with van der Waals surface area (Å²) in [5.41, 5.74) is -0.461. The van der Waals surface area contributed by atoms with Gasteiger partial charge >= 0.3 is 12.1 Å². The number of carbonyl (C=O) groups excluding carboxylic acids is 3. The van der Waals surface area contributed by atoms with Crippen molar-refractivity contribution in [2.24, 2.45) is 5.41 Å². The number of nitrogens with zero attached hydrogens (tertiary/aromatic N) is 2. The highest BCUT2D eigenvalue weighted by Gasteiger charge is 2.47. The standard InChI is InChI=1S/C24H36N2O6/c1-23(2,3)32-22(29)25-15-17(14-18(25)21(28)30-6)26(20(27)19-8-7-13-31-19)16-9-11-24(4,5)12-10-16/h7-8,13,16-18H,9-12,14-15H2,1-6H3/t17-,18-/m0/s1. The molecule has 2 fully saturated rings. The molecule has 0 N–H and O–H groups in total. The highest BCUT2D eigenvalue weighted by atomic mass is 16.6. The van der Waals surface area contributed by atoms with Crippen molar-refractivity contribution in [3.8, 4) is 0 Å². The van der Waals surface area contributed by atoms with Gasteiger partial charge in [0.05, 0.1) is 19.4 Å². The van der Waals surface area contributed by atoms with E-state index in [0.717, 1.165) is 25.7 Å². The fourth-order valence-corrected chi connectivity index (χ4v) is 4.72. The van der Waals surface area contributed by atoms with Gasteiger partial charge in [0.2, 0.25) is 0 Å². The molecule has 1 aliphatic carbocycles. The van der Waals surface area contributed by atoms with Gasteiger partial charge in [0.15, 0.2) is 5.76 Å². The molecule has 1 aromatic heterocycles. The van der Waals surface area contributed by atoms with E-state index < -0.39 is 23.7 Å². The quantitative estimate of drug-likeness (QED) is 0.640. The lowest BCUT2D eigenvalue weighted by molar-refractivity contribution is -0.145. The molecule has 0 unspecified atom stereocenters. The topological polar surface area (TPSA) is 89.3 Å². The first-order valence-electron chi connectivity index (χ1n) is 11.4. The Balaban J connectivity index is 1.89. The van der Waals surface area contributed by atoms with E-state index in [1.807, 2.05) is 4.90 Å². The lowest BCUT2D eigenvalue weighted by Gasteiger charge is -2.42. The highest BCUT2D eigenvalue weighted by Crippen LogP contribution is 2.39. The lowest BCUT2D eigenvalue weighted by Crippen LogP contribution is -2.50. The van der Waals surface area contributed by atoms with Gasteiger partial charge in [0.25, 0.3) is 5.91 Å². The molecule has 2 amide bonds. The van der Waals surface area contributed by atoms with Crippen LogP contribution in [0.4, 0.5) is 4.79 Å². The average Bonchev–Trinajstić information content (AvgIpc) is 3.37. The monoisotopic (exact) mass is 448 g/mol. The van der Waals surface area contributed by atoms with Crippen molar-refractivity contribution in [3.63, 3.8) is 0 Å². The van der Waals surface area contributed by atoms with Crippen LogP contribution in [0.5, 0.6) is 0 Å². The number of furan rings is 1. The second kappa shape index (κ2) is 9.16. The van der Waals surface area contributed by atoms with Crippen molar-refractivity contribution >= 4 is 18.0 Å². The molecule has 1 saturated carbocycles. The minimum absolute atomic E-state index is 0.0162. The molecule has 2 heterocycles. The zero-order valence-corrected chi connectivity index (χ0v) is 20.1. The summed E-state index contributed by atoms with van der Waals surface area (Å²) >= 11 is 0. The van der Waals surface area contributed by atoms with Gasteiger partial charge in [-0.05, 0) is 64.0 Å². The molecule has 32 heavy (non-hydrogen) atoms. The largest absolute Gasteiger partial charge is 0.467 e. The summed E-state index contributed by atoms with van der Waals surface area (Å²) in [6.07, 6.45) is 4.94. The lowest BCUT2D eigenvalue weighted by atomic mass is 9.75. The Kier molecular flexibility index (Phi) is 6.91. The van der Waals surface area contributed by atoms with Gasteiger partial charge in [-0.25, -0.2) is 9.59 Å². The Morgan fingerprint density at radius 3 is 2.34 bits per heavy atom. The van der Waals surface area contributed by atoms with Crippen LogP contribution < -0.4 is 0 Å². The van der Waals surface area contributed by atoms with Crippen molar-refractivity contribution in [2.45, 2.75) is 90.4 Å². The van der Waals surface area contributed by atoms with Crippen molar-refractivity contribution in [1.82, 2.24) is 9.80 Å². The Morgan fingerprint density at radius 2 is 1.81 bits per heavy atom. The van der Waals surface area contributed by atoms with Crippen LogP contribution in [0.2, 0.25) is 0 Å². The number of likely N-dealkylation sites (tertiary alicyclic amines) is 1. The van der Waals surface area contributed by atoms with Crippen molar-refractivity contribution in [3.05, 3.63) is 24.2 Å². The molecule has 1 saturated heterocycles. The molecule has 3 rings (SSSR count). The van der Waals surface area contributed by atoms with Crippen molar-refractivity contribution in [2.75, 3.05) is 13.7 Å². The number of amides is 2. The molecular formula is C24H36N2O6. The smallest absolute Gasteiger partial charge is 0.411 e. The SMILES string of the molecule is COC(=O)[C@@H]1C[C@H](N(C(=O)c2ccco2)C2CCC(C)(C)CC2)CN1C(=O)OC(C)(C)C. The Labute approximate surface area is 190 Å². The summed E-state index contributed by atoms with van der Waals surface area (Å²) in [6.45, 7) is 10.0.